The maximum atomic E-state index is 14.1. The molecule has 4 aromatic carbocycles. The number of nitrogens with zero attached hydrogens (tertiary/aromatic N) is 5. The predicted molar refractivity (Wildman–Crippen MR) is 242 cm³/mol. The van der Waals surface area contributed by atoms with Crippen molar-refractivity contribution in [2.24, 2.45) is 0 Å². The maximum absolute atomic E-state index is 14.1. The first-order chi connectivity index (χ1) is 31.3. The third kappa shape index (κ3) is 8.68. The smallest absolute Gasteiger partial charge is 0.407 e. The van der Waals surface area contributed by atoms with E-state index in [1.807, 2.05) is 108 Å². The Morgan fingerprint density at radius 1 is 0.641 bits per heavy atom. The molecule has 0 spiro atoms. The number of hydrogen-bond acceptors (Lipinski definition) is 10. The van der Waals surface area contributed by atoms with Gasteiger partial charge in [0.25, 0.3) is 11.8 Å². The zero-order valence-electron chi connectivity index (χ0n) is 35.3. The molecule has 2 aliphatic heterocycles. The number of carbonyl (C=O) groups is 4. The number of hydrogen-bond donors (Lipinski definition) is 4. The SMILES string of the molecule is COC(=O)N[C@@H](C(=O)N1CCCC[C@H]1c1ncc(-c2ccc3nc(-c4ccc(-c5cnc([C@@H]6CCCN6C(=O)[C@H](NC(=O)OC)c6ccccc6)[nH]5)cc4)sc3c2)[nH]1)c1ccccc1. The Labute approximate surface area is 373 Å². The third-order valence-corrected chi connectivity index (χ3v) is 13.0. The van der Waals surface area contributed by atoms with Gasteiger partial charge in [0.1, 0.15) is 28.7 Å². The first kappa shape index (κ1) is 42.0. The molecule has 0 unspecified atom stereocenters. The monoisotopic (exact) mass is 877 g/mol. The Bertz CT molecular complexity index is 2770. The molecule has 4 amide bonds. The highest BCUT2D eigenvalue weighted by Gasteiger charge is 2.38. The second-order valence-electron chi connectivity index (χ2n) is 15.8. The fourth-order valence-corrected chi connectivity index (χ4v) is 9.67. The predicted octanol–water partition coefficient (Wildman–Crippen LogP) is 8.66. The van der Waals surface area contributed by atoms with E-state index in [2.05, 4.69) is 26.7 Å². The number of aromatic nitrogens is 5. The molecule has 326 valence electrons. The summed E-state index contributed by atoms with van der Waals surface area (Å²) in [5.74, 6) is 0.953. The highest BCUT2D eigenvalue weighted by atomic mass is 32.1. The molecule has 16 heteroatoms. The first-order valence-electron chi connectivity index (χ1n) is 21.3. The van der Waals surface area contributed by atoms with Crippen LogP contribution in [0.15, 0.2) is 116 Å². The van der Waals surface area contributed by atoms with E-state index in [-0.39, 0.29) is 23.9 Å². The topological polar surface area (TPSA) is 188 Å². The van der Waals surface area contributed by atoms with Crippen LogP contribution >= 0.6 is 11.3 Å². The summed E-state index contributed by atoms with van der Waals surface area (Å²) in [4.78, 5) is 77.6. The number of amides is 4. The Morgan fingerprint density at radius 2 is 1.14 bits per heavy atom. The number of H-pyrrole nitrogens is 2. The van der Waals surface area contributed by atoms with Crippen molar-refractivity contribution >= 4 is 45.6 Å². The summed E-state index contributed by atoms with van der Waals surface area (Å²) in [6.45, 7) is 1.09. The lowest BCUT2D eigenvalue weighted by atomic mass is 9.98. The molecule has 0 aliphatic carbocycles. The van der Waals surface area contributed by atoms with Crippen molar-refractivity contribution < 1.29 is 28.7 Å². The summed E-state index contributed by atoms with van der Waals surface area (Å²) in [7, 11) is 2.56. The van der Waals surface area contributed by atoms with Gasteiger partial charge in [-0.3, -0.25) is 9.59 Å². The number of methoxy groups -OCH3 is 2. The van der Waals surface area contributed by atoms with E-state index >= 15 is 0 Å². The molecule has 0 radical (unpaired) electrons. The summed E-state index contributed by atoms with van der Waals surface area (Å²) in [6, 6.07) is 30.3. The van der Waals surface area contributed by atoms with Crippen LogP contribution in [0.4, 0.5) is 9.59 Å². The van der Waals surface area contributed by atoms with Crippen LogP contribution in [0, 0.1) is 0 Å². The lowest BCUT2D eigenvalue weighted by molar-refractivity contribution is -0.137. The molecule has 0 saturated carbocycles. The van der Waals surface area contributed by atoms with Crippen LogP contribution in [0.2, 0.25) is 0 Å². The van der Waals surface area contributed by atoms with Crippen molar-refractivity contribution in [3.8, 4) is 33.1 Å². The summed E-state index contributed by atoms with van der Waals surface area (Å²) in [5, 5.41) is 6.33. The van der Waals surface area contributed by atoms with Crippen LogP contribution in [0.5, 0.6) is 0 Å². The van der Waals surface area contributed by atoms with Crippen LogP contribution in [-0.2, 0) is 19.1 Å². The van der Waals surface area contributed by atoms with Crippen LogP contribution in [0.3, 0.4) is 0 Å². The average molecular weight is 878 g/mol. The standard InChI is InChI=1S/C48H47N9O6S/c1-62-47(60)54-40(30-12-5-3-6-13-30)45(58)56-24-10-9-16-37(56)42-50-28-36(52-42)33-22-23-34-39(26-33)64-44(53-34)32-20-18-29(19-21-32)35-27-49-43(51-35)38-17-11-25-57(38)46(59)41(55-48(61)63-2)31-14-7-4-8-15-31/h3-8,12-15,18-23,26-28,37-38,40-41H,9-11,16-17,24-25H2,1-2H3,(H,49,51)(H,50,52)(H,54,60)(H,55,61)/t37-,38-,40+,41+/m0/s1. The Morgan fingerprint density at radius 3 is 1.70 bits per heavy atom. The Kier molecular flexibility index (Phi) is 12.2. The van der Waals surface area contributed by atoms with Gasteiger partial charge in [0.2, 0.25) is 0 Å². The van der Waals surface area contributed by atoms with Crippen LogP contribution < -0.4 is 10.6 Å². The zero-order valence-corrected chi connectivity index (χ0v) is 36.1. The number of aromatic amines is 2. The number of nitrogens with one attached hydrogen (secondary N) is 4. The molecule has 2 aliphatic rings. The fraction of sp³-hybridized carbons (Fsp3) is 0.271. The molecular weight excluding hydrogens is 831 g/mol. The molecule has 2 fully saturated rings. The summed E-state index contributed by atoms with van der Waals surface area (Å²) >= 11 is 1.60. The van der Waals surface area contributed by atoms with Gasteiger partial charge in [-0.2, -0.15) is 0 Å². The molecule has 64 heavy (non-hydrogen) atoms. The van der Waals surface area contributed by atoms with Gasteiger partial charge in [0, 0.05) is 24.2 Å². The molecule has 0 bridgehead atoms. The number of alkyl carbamates (subject to hydrolysis) is 2. The zero-order chi connectivity index (χ0) is 44.2. The molecule has 2 saturated heterocycles. The van der Waals surface area contributed by atoms with E-state index in [0.29, 0.717) is 35.9 Å². The third-order valence-electron chi connectivity index (χ3n) is 11.9. The number of benzene rings is 4. The van der Waals surface area contributed by atoms with Gasteiger partial charge in [-0.1, -0.05) is 91.0 Å². The molecule has 4 atom stereocenters. The number of rotatable bonds is 11. The molecule has 3 aromatic heterocycles. The fourth-order valence-electron chi connectivity index (χ4n) is 8.66. The van der Waals surface area contributed by atoms with Gasteiger partial charge in [-0.05, 0) is 60.9 Å². The van der Waals surface area contributed by atoms with Gasteiger partial charge in [-0.15, -0.1) is 11.3 Å². The summed E-state index contributed by atoms with van der Waals surface area (Å²) in [6.07, 6.45) is 6.34. The van der Waals surface area contributed by atoms with E-state index in [0.717, 1.165) is 75.4 Å². The van der Waals surface area contributed by atoms with E-state index in [1.165, 1.54) is 14.2 Å². The number of likely N-dealkylation sites (tertiary alicyclic amines) is 2. The minimum atomic E-state index is -0.896. The van der Waals surface area contributed by atoms with Crippen molar-refractivity contribution in [2.45, 2.75) is 56.3 Å². The molecule has 15 nitrogen and oxygen atoms in total. The number of piperidine rings is 1. The average Bonchev–Trinajstić information content (AvgIpc) is 4.20. The van der Waals surface area contributed by atoms with Crippen molar-refractivity contribution in [3.05, 3.63) is 138 Å². The maximum Gasteiger partial charge on any atom is 0.407 e. The highest BCUT2D eigenvalue weighted by molar-refractivity contribution is 7.21. The van der Waals surface area contributed by atoms with E-state index < -0.39 is 24.3 Å². The quantitative estimate of drug-likeness (QED) is 0.0987. The summed E-state index contributed by atoms with van der Waals surface area (Å²) in [5.41, 5.74) is 6.77. The van der Waals surface area contributed by atoms with Crippen molar-refractivity contribution in [2.75, 3.05) is 27.3 Å². The second-order valence-corrected chi connectivity index (χ2v) is 16.9. The van der Waals surface area contributed by atoms with Crippen molar-refractivity contribution in [3.63, 3.8) is 0 Å². The number of fused-ring (bicyclic) bond motifs is 1. The van der Waals surface area contributed by atoms with Gasteiger partial charge < -0.3 is 39.9 Å². The molecule has 4 N–H and O–H groups in total. The minimum absolute atomic E-state index is 0.214. The van der Waals surface area contributed by atoms with Crippen molar-refractivity contribution in [1.82, 2.24) is 45.4 Å². The van der Waals surface area contributed by atoms with E-state index in [1.54, 1.807) is 22.4 Å². The van der Waals surface area contributed by atoms with E-state index in [4.69, 9.17) is 24.4 Å². The lowest BCUT2D eigenvalue weighted by Gasteiger charge is -2.37. The highest BCUT2D eigenvalue weighted by Crippen LogP contribution is 2.38. The lowest BCUT2D eigenvalue weighted by Crippen LogP contribution is -2.46. The molecule has 5 heterocycles. The first-order valence-corrected chi connectivity index (χ1v) is 22.1. The van der Waals surface area contributed by atoms with Gasteiger partial charge in [0.15, 0.2) is 0 Å². The summed E-state index contributed by atoms with van der Waals surface area (Å²) < 4.78 is 10.7. The van der Waals surface area contributed by atoms with Crippen LogP contribution in [0.1, 0.15) is 79.0 Å². The second kappa shape index (κ2) is 18.6. The number of ether oxygens (including phenoxy) is 2. The normalized spacial score (nSPS) is 17.2. The van der Waals surface area contributed by atoms with Gasteiger partial charge in [0.05, 0.1) is 60.3 Å². The Hall–Kier alpha value is -7.33. The van der Waals surface area contributed by atoms with Crippen LogP contribution in [-0.4, -0.2) is 86.0 Å². The van der Waals surface area contributed by atoms with Crippen LogP contribution in [0.25, 0.3) is 43.3 Å². The number of thiazole rings is 1. The molecule has 7 aromatic rings. The van der Waals surface area contributed by atoms with E-state index in [9.17, 15) is 19.2 Å². The number of carbonyl (C=O) groups excluding carboxylic acids is 4. The Balaban J connectivity index is 0.890. The molecular formula is C48H47N9O6S. The minimum Gasteiger partial charge on any atom is -0.453 e. The number of imidazole rings is 2. The van der Waals surface area contributed by atoms with Crippen molar-refractivity contribution in [1.29, 1.82) is 0 Å². The molecule has 9 rings (SSSR count). The largest absolute Gasteiger partial charge is 0.453 e. The van der Waals surface area contributed by atoms with Gasteiger partial charge in [-0.25, -0.2) is 24.5 Å². The van der Waals surface area contributed by atoms with Gasteiger partial charge >= 0.3 is 12.2 Å².